The molecular formula is C27H27N3O3S. The van der Waals surface area contributed by atoms with E-state index in [9.17, 15) is 9.59 Å². The largest absolute Gasteiger partial charge is 0.497 e. The minimum absolute atomic E-state index is 0.0753. The lowest BCUT2D eigenvalue weighted by atomic mass is 10.1. The number of ether oxygens (including phenoxy) is 1. The molecule has 1 aliphatic rings. The summed E-state index contributed by atoms with van der Waals surface area (Å²) in [5.41, 5.74) is 3.56. The van der Waals surface area contributed by atoms with Crippen LogP contribution in [0.15, 0.2) is 78.9 Å². The molecule has 34 heavy (non-hydrogen) atoms. The molecule has 3 aromatic rings. The Balaban J connectivity index is 1.57. The second-order valence-electron chi connectivity index (χ2n) is 8.21. The number of hydrogen-bond donors (Lipinski definition) is 1. The molecule has 0 radical (unpaired) electrons. The van der Waals surface area contributed by atoms with Crippen molar-refractivity contribution in [3.63, 3.8) is 0 Å². The van der Waals surface area contributed by atoms with Crippen LogP contribution in [0.1, 0.15) is 17.5 Å². The first-order valence-electron chi connectivity index (χ1n) is 11.2. The monoisotopic (exact) mass is 473 g/mol. The molecule has 2 amide bonds. The van der Waals surface area contributed by atoms with Gasteiger partial charge in [0.05, 0.1) is 19.2 Å². The molecule has 1 N–H and O–H groups in total. The van der Waals surface area contributed by atoms with Crippen LogP contribution >= 0.6 is 12.2 Å². The summed E-state index contributed by atoms with van der Waals surface area (Å²) in [6.07, 6.45) is 0.764. The number of nitrogens with one attached hydrogen (secondary N) is 1. The summed E-state index contributed by atoms with van der Waals surface area (Å²) in [5.74, 6) is 0.249. The minimum Gasteiger partial charge on any atom is -0.497 e. The number of thiocarbonyl (C=S) groups is 1. The smallest absolute Gasteiger partial charge is 0.257 e. The van der Waals surface area contributed by atoms with Gasteiger partial charge in [-0.25, -0.2) is 4.90 Å². The van der Waals surface area contributed by atoms with Crippen LogP contribution in [-0.2, 0) is 16.0 Å². The van der Waals surface area contributed by atoms with Gasteiger partial charge in [0.25, 0.3) is 5.91 Å². The third-order valence-electron chi connectivity index (χ3n) is 5.88. The van der Waals surface area contributed by atoms with Gasteiger partial charge >= 0.3 is 0 Å². The summed E-state index contributed by atoms with van der Waals surface area (Å²) in [6, 6.07) is 24.1. The molecule has 0 bridgehead atoms. The summed E-state index contributed by atoms with van der Waals surface area (Å²) in [4.78, 5) is 29.5. The standard InChI is InChI=1S/C27H27N3O3S/c1-19-8-12-22(13-9-19)30-25(31)18-24(26(30)32)29(17-16-20-6-4-3-5-7-20)27(34)28-21-10-14-23(33-2)15-11-21/h3-15,24H,16-18H2,1-2H3,(H,28,34)/t24-/m0/s1. The molecule has 1 fully saturated rings. The maximum Gasteiger partial charge on any atom is 0.257 e. The van der Waals surface area contributed by atoms with E-state index in [1.54, 1.807) is 19.2 Å². The number of carbonyl (C=O) groups is 2. The summed E-state index contributed by atoms with van der Waals surface area (Å²) < 4.78 is 5.22. The molecule has 1 saturated heterocycles. The third-order valence-corrected chi connectivity index (χ3v) is 6.21. The first kappa shape index (κ1) is 23.4. The van der Waals surface area contributed by atoms with E-state index < -0.39 is 6.04 Å². The Morgan fingerprint density at radius 2 is 1.71 bits per heavy atom. The average Bonchev–Trinajstić information content (AvgIpc) is 3.14. The number of methoxy groups -OCH3 is 1. The van der Waals surface area contributed by atoms with Crippen molar-refractivity contribution >= 4 is 40.5 Å². The third kappa shape index (κ3) is 5.26. The zero-order chi connectivity index (χ0) is 24.1. The van der Waals surface area contributed by atoms with Gasteiger partial charge in [-0.3, -0.25) is 9.59 Å². The summed E-state index contributed by atoms with van der Waals surface area (Å²) in [6.45, 7) is 2.46. The van der Waals surface area contributed by atoms with Gasteiger partial charge in [0.2, 0.25) is 5.91 Å². The number of aryl methyl sites for hydroxylation is 1. The number of hydrogen-bond acceptors (Lipinski definition) is 4. The summed E-state index contributed by atoms with van der Waals surface area (Å²) in [5, 5.41) is 3.62. The topological polar surface area (TPSA) is 61.9 Å². The van der Waals surface area contributed by atoms with Crippen molar-refractivity contribution < 1.29 is 14.3 Å². The lowest BCUT2D eigenvalue weighted by Gasteiger charge is -2.30. The fraction of sp³-hybridized carbons (Fsp3) is 0.222. The van der Waals surface area contributed by atoms with E-state index in [1.165, 1.54) is 4.90 Å². The first-order chi connectivity index (χ1) is 16.5. The molecular weight excluding hydrogens is 446 g/mol. The number of imide groups is 1. The van der Waals surface area contributed by atoms with Crippen LogP contribution < -0.4 is 15.0 Å². The maximum absolute atomic E-state index is 13.5. The van der Waals surface area contributed by atoms with E-state index >= 15 is 0 Å². The van der Waals surface area contributed by atoms with E-state index in [2.05, 4.69) is 5.32 Å². The van der Waals surface area contributed by atoms with Crippen LogP contribution in [-0.4, -0.2) is 41.5 Å². The van der Waals surface area contributed by atoms with Crippen molar-refractivity contribution in [3.8, 4) is 5.75 Å². The molecule has 4 rings (SSSR count). The second kappa shape index (κ2) is 10.5. The van der Waals surface area contributed by atoms with E-state index in [-0.39, 0.29) is 18.2 Å². The van der Waals surface area contributed by atoms with Crippen molar-refractivity contribution in [1.82, 2.24) is 4.90 Å². The van der Waals surface area contributed by atoms with Crippen LogP contribution in [0.2, 0.25) is 0 Å². The highest BCUT2D eigenvalue weighted by atomic mass is 32.1. The number of nitrogens with zero attached hydrogens (tertiary/aromatic N) is 2. The minimum atomic E-state index is -0.671. The molecule has 6 nitrogen and oxygen atoms in total. The Morgan fingerprint density at radius 1 is 1.03 bits per heavy atom. The van der Waals surface area contributed by atoms with Crippen LogP contribution in [0.3, 0.4) is 0 Å². The second-order valence-corrected chi connectivity index (χ2v) is 8.60. The lowest BCUT2D eigenvalue weighted by Crippen LogP contribution is -2.48. The van der Waals surface area contributed by atoms with Gasteiger partial charge in [-0.15, -0.1) is 0 Å². The number of amides is 2. The predicted molar refractivity (Wildman–Crippen MR) is 138 cm³/mol. The van der Waals surface area contributed by atoms with Crippen molar-refractivity contribution in [3.05, 3.63) is 90.0 Å². The van der Waals surface area contributed by atoms with Gasteiger partial charge in [-0.1, -0.05) is 48.0 Å². The van der Waals surface area contributed by atoms with Crippen LogP contribution in [0, 0.1) is 6.92 Å². The molecule has 174 valence electrons. The fourth-order valence-corrected chi connectivity index (χ4v) is 4.32. The number of anilines is 2. The van der Waals surface area contributed by atoms with Crippen molar-refractivity contribution in [2.75, 3.05) is 23.9 Å². The molecule has 0 aromatic heterocycles. The normalized spacial score (nSPS) is 15.4. The molecule has 7 heteroatoms. The molecule has 1 atom stereocenters. The lowest BCUT2D eigenvalue weighted by molar-refractivity contribution is -0.122. The van der Waals surface area contributed by atoms with Gasteiger partial charge in [-0.2, -0.15) is 0 Å². The summed E-state index contributed by atoms with van der Waals surface area (Å²) in [7, 11) is 1.61. The highest BCUT2D eigenvalue weighted by molar-refractivity contribution is 7.80. The Hall–Kier alpha value is -3.71. The molecule has 0 unspecified atom stereocenters. The zero-order valence-corrected chi connectivity index (χ0v) is 20.0. The number of carbonyl (C=O) groups excluding carboxylic acids is 2. The van der Waals surface area contributed by atoms with Crippen LogP contribution in [0.25, 0.3) is 0 Å². The van der Waals surface area contributed by atoms with Crippen LogP contribution in [0.4, 0.5) is 11.4 Å². The fourth-order valence-electron chi connectivity index (χ4n) is 3.99. The zero-order valence-electron chi connectivity index (χ0n) is 19.2. The van der Waals surface area contributed by atoms with Gasteiger partial charge in [0, 0.05) is 12.2 Å². The molecule has 0 aliphatic carbocycles. The molecule has 0 spiro atoms. The molecule has 0 saturated carbocycles. The van der Waals surface area contributed by atoms with Gasteiger partial charge in [0.1, 0.15) is 11.8 Å². The molecule has 1 heterocycles. The van der Waals surface area contributed by atoms with Gasteiger partial charge in [0.15, 0.2) is 5.11 Å². The van der Waals surface area contributed by atoms with E-state index in [4.69, 9.17) is 17.0 Å². The first-order valence-corrected chi connectivity index (χ1v) is 11.6. The average molecular weight is 474 g/mol. The molecule has 1 aliphatic heterocycles. The van der Waals surface area contributed by atoms with E-state index in [0.717, 1.165) is 22.6 Å². The SMILES string of the molecule is COc1ccc(NC(=S)N(CCc2ccccc2)[C@H]2CC(=O)N(c3ccc(C)cc3)C2=O)cc1. The van der Waals surface area contributed by atoms with E-state index in [1.807, 2.05) is 78.6 Å². The summed E-state index contributed by atoms with van der Waals surface area (Å²) >= 11 is 5.74. The molecule has 3 aromatic carbocycles. The van der Waals surface area contributed by atoms with Gasteiger partial charge < -0.3 is 15.0 Å². The predicted octanol–water partition coefficient (Wildman–Crippen LogP) is 4.58. The maximum atomic E-state index is 13.5. The van der Waals surface area contributed by atoms with Crippen molar-refractivity contribution in [2.24, 2.45) is 0 Å². The van der Waals surface area contributed by atoms with Crippen molar-refractivity contribution in [1.29, 1.82) is 0 Å². The van der Waals surface area contributed by atoms with Crippen molar-refractivity contribution in [2.45, 2.75) is 25.8 Å². The number of rotatable bonds is 7. The Kier molecular flexibility index (Phi) is 7.23. The van der Waals surface area contributed by atoms with Crippen LogP contribution in [0.5, 0.6) is 5.75 Å². The van der Waals surface area contributed by atoms with Gasteiger partial charge in [-0.05, 0) is 67.5 Å². The van der Waals surface area contributed by atoms with E-state index in [0.29, 0.717) is 23.8 Å². The Morgan fingerprint density at radius 3 is 2.35 bits per heavy atom. The quantitative estimate of drug-likeness (QED) is 0.401. The Labute approximate surface area is 205 Å². The Bertz CT molecular complexity index is 1160. The highest BCUT2D eigenvalue weighted by Crippen LogP contribution is 2.27. The highest BCUT2D eigenvalue weighted by Gasteiger charge is 2.43. The number of benzene rings is 3.